The fourth-order valence-electron chi connectivity index (χ4n) is 2.30. The van der Waals surface area contributed by atoms with E-state index >= 15 is 0 Å². The molecule has 3 aromatic rings. The molecular formula is C16H12ClNO2. The number of fused-ring (bicyclic) bond motifs is 1. The van der Waals surface area contributed by atoms with Gasteiger partial charge in [0, 0.05) is 22.7 Å². The summed E-state index contributed by atoms with van der Waals surface area (Å²) in [5.41, 5.74) is 1.92. The summed E-state index contributed by atoms with van der Waals surface area (Å²) in [5.74, 6) is 0.445. The number of hydrogen-bond donors (Lipinski definition) is 1. The molecule has 0 aliphatic rings. The Bertz CT molecular complexity index is 792. The maximum Gasteiger partial charge on any atom is 0.198 e. The van der Waals surface area contributed by atoms with Gasteiger partial charge in [-0.3, -0.25) is 4.79 Å². The predicted octanol–water partition coefficient (Wildman–Crippen LogP) is 4.06. The van der Waals surface area contributed by atoms with Crippen molar-refractivity contribution in [1.82, 2.24) is 4.98 Å². The molecule has 0 atom stereocenters. The highest BCUT2D eigenvalue weighted by Gasteiger charge is 2.18. The summed E-state index contributed by atoms with van der Waals surface area (Å²) >= 11 is 6.21. The number of methoxy groups -OCH3 is 1. The van der Waals surface area contributed by atoms with Crippen molar-refractivity contribution in [3.05, 3.63) is 64.8 Å². The summed E-state index contributed by atoms with van der Waals surface area (Å²) in [7, 11) is 1.55. The summed E-state index contributed by atoms with van der Waals surface area (Å²) in [6.45, 7) is 0. The minimum atomic E-state index is -0.109. The number of carbonyl (C=O) groups is 1. The van der Waals surface area contributed by atoms with Crippen LogP contribution in [0.2, 0.25) is 5.02 Å². The van der Waals surface area contributed by atoms with Gasteiger partial charge < -0.3 is 9.72 Å². The number of aromatic nitrogens is 1. The van der Waals surface area contributed by atoms with E-state index in [0.29, 0.717) is 21.9 Å². The average Bonchev–Trinajstić information content (AvgIpc) is 2.92. The highest BCUT2D eigenvalue weighted by molar-refractivity contribution is 6.37. The highest BCUT2D eigenvalue weighted by atomic mass is 35.5. The number of halogens is 1. The molecule has 0 saturated heterocycles. The molecule has 3 nitrogen and oxygen atoms in total. The SMILES string of the molecule is COc1ccccc1C(=O)c1c[nH]c2cccc(Cl)c12. The van der Waals surface area contributed by atoms with E-state index in [1.54, 1.807) is 31.5 Å². The molecular weight excluding hydrogens is 274 g/mol. The van der Waals surface area contributed by atoms with Crippen molar-refractivity contribution < 1.29 is 9.53 Å². The molecule has 1 N–H and O–H groups in total. The smallest absolute Gasteiger partial charge is 0.198 e. The van der Waals surface area contributed by atoms with Gasteiger partial charge in [0.2, 0.25) is 0 Å². The van der Waals surface area contributed by atoms with E-state index in [-0.39, 0.29) is 5.78 Å². The lowest BCUT2D eigenvalue weighted by Gasteiger charge is -2.06. The molecule has 0 amide bonds. The molecule has 20 heavy (non-hydrogen) atoms. The van der Waals surface area contributed by atoms with Crippen molar-refractivity contribution in [2.45, 2.75) is 0 Å². The summed E-state index contributed by atoms with van der Waals surface area (Å²) in [5, 5.41) is 1.30. The quantitative estimate of drug-likeness (QED) is 0.737. The number of carbonyl (C=O) groups excluding carboxylic acids is 1. The van der Waals surface area contributed by atoms with Crippen molar-refractivity contribution in [2.75, 3.05) is 7.11 Å². The number of ether oxygens (including phenoxy) is 1. The second-order valence-corrected chi connectivity index (χ2v) is 4.80. The highest BCUT2D eigenvalue weighted by Crippen LogP contribution is 2.30. The predicted molar refractivity (Wildman–Crippen MR) is 79.7 cm³/mol. The lowest BCUT2D eigenvalue weighted by molar-refractivity contribution is 0.103. The van der Waals surface area contributed by atoms with Crippen LogP contribution in [0.15, 0.2) is 48.7 Å². The Morgan fingerprint density at radius 1 is 1.10 bits per heavy atom. The maximum atomic E-state index is 12.7. The van der Waals surface area contributed by atoms with Crippen LogP contribution in [0.1, 0.15) is 15.9 Å². The van der Waals surface area contributed by atoms with Gasteiger partial charge in [-0.1, -0.05) is 29.8 Å². The Morgan fingerprint density at radius 2 is 1.90 bits per heavy atom. The minimum Gasteiger partial charge on any atom is -0.496 e. The largest absolute Gasteiger partial charge is 0.496 e. The van der Waals surface area contributed by atoms with Gasteiger partial charge in [-0.05, 0) is 24.3 Å². The second-order valence-electron chi connectivity index (χ2n) is 4.39. The molecule has 0 spiro atoms. The number of hydrogen-bond acceptors (Lipinski definition) is 2. The van der Waals surface area contributed by atoms with Crippen molar-refractivity contribution >= 4 is 28.3 Å². The Kier molecular flexibility index (Phi) is 3.20. The van der Waals surface area contributed by atoms with Crippen LogP contribution in [0.25, 0.3) is 10.9 Å². The van der Waals surface area contributed by atoms with Crippen LogP contribution in [0.3, 0.4) is 0 Å². The van der Waals surface area contributed by atoms with Crippen LogP contribution in [0.5, 0.6) is 5.75 Å². The summed E-state index contributed by atoms with van der Waals surface area (Å²) in [6, 6.07) is 12.7. The molecule has 3 rings (SSSR count). The minimum absolute atomic E-state index is 0.109. The molecule has 0 bridgehead atoms. The first-order valence-electron chi connectivity index (χ1n) is 6.15. The zero-order valence-corrected chi connectivity index (χ0v) is 11.6. The molecule has 1 heterocycles. The van der Waals surface area contributed by atoms with E-state index in [0.717, 1.165) is 10.9 Å². The number of ketones is 1. The van der Waals surface area contributed by atoms with E-state index in [2.05, 4.69) is 4.98 Å². The Morgan fingerprint density at radius 3 is 2.70 bits per heavy atom. The van der Waals surface area contributed by atoms with Gasteiger partial charge in [0.25, 0.3) is 0 Å². The van der Waals surface area contributed by atoms with Crippen LogP contribution >= 0.6 is 11.6 Å². The standard InChI is InChI=1S/C16H12ClNO2/c1-20-14-8-3-2-5-10(14)16(19)11-9-18-13-7-4-6-12(17)15(11)13/h2-9,18H,1H3. The van der Waals surface area contributed by atoms with Gasteiger partial charge in [0.15, 0.2) is 5.78 Å². The van der Waals surface area contributed by atoms with Crippen LogP contribution in [-0.2, 0) is 0 Å². The number of H-pyrrole nitrogens is 1. The van der Waals surface area contributed by atoms with Gasteiger partial charge in [-0.2, -0.15) is 0 Å². The zero-order valence-electron chi connectivity index (χ0n) is 10.8. The number of benzene rings is 2. The van der Waals surface area contributed by atoms with Gasteiger partial charge in [-0.15, -0.1) is 0 Å². The van der Waals surface area contributed by atoms with Crippen molar-refractivity contribution in [2.24, 2.45) is 0 Å². The Hall–Kier alpha value is -2.26. The van der Waals surface area contributed by atoms with E-state index in [1.807, 2.05) is 24.3 Å². The number of nitrogens with one attached hydrogen (secondary N) is 1. The van der Waals surface area contributed by atoms with Crippen molar-refractivity contribution in [3.63, 3.8) is 0 Å². The fourth-order valence-corrected chi connectivity index (χ4v) is 2.57. The maximum absolute atomic E-state index is 12.7. The lowest BCUT2D eigenvalue weighted by atomic mass is 10.0. The molecule has 0 saturated carbocycles. The van der Waals surface area contributed by atoms with E-state index < -0.39 is 0 Å². The fraction of sp³-hybridized carbons (Fsp3) is 0.0625. The molecule has 100 valence electrons. The molecule has 0 aliphatic carbocycles. The third-order valence-electron chi connectivity index (χ3n) is 3.25. The number of rotatable bonds is 3. The molecule has 0 unspecified atom stereocenters. The van der Waals surface area contributed by atoms with Crippen LogP contribution in [0.4, 0.5) is 0 Å². The first kappa shape index (κ1) is 12.8. The molecule has 2 aromatic carbocycles. The Labute approximate surface area is 121 Å². The third kappa shape index (κ3) is 1.96. The van der Waals surface area contributed by atoms with Crippen LogP contribution < -0.4 is 4.74 Å². The van der Waals surface area contributed by atoms with Crippen molar-refractivity contribution in [1.29, 1.82) is 0 Å². The topological polar surface area (TPSA) is 42.1 Å². The summed E-state index contributed by atoms with van der Waals surface area (Å²) in [6.07, 6.45) is 1.69. The first-order chi connectivity index (χ1) is 9.72. The van der Waals surface area contributed by atoms with Gasteiger partial charge >= 0.3 is 0 Å². The number of aromatic amines is 1. The van der Waals surface area contributed by atoms with Crippen LogP contribution in [-0.4, -0.2) is 17.9 Å². The van der Waals surface area contributed by atoms with E-state index in [4.69, 9.17) is 16.3 Å². The summed E-state index contributed by atoms with van der Waals surface area (Å²) < 4.78 is 5.24. The zero-order chi connectivity index (χ0) is 14.1. The molecule has 0 fully saturated rings. The normalized spacial score (nSPS) is 10.7. The van der Waals surface area contributed by atoms with Gasteiger partial charge in [-0.25, -0.2) is 0 Å². The van der Waals surface area contributed by atoms with Gasteiger partial charge in [0.1, 0.15) is 5.75 Å². The third-order valence-corrected chi connectivity index (χ3v) is 3.57. The monoisotopic (exact) mass is 285 g/mol. The van der Waals surface area contributed by atoms with E-state index in [1.165, 1.54) is 0 Å². The second kappa shape index (κ2) is 5.02. The van der Waals surface area contributed by atoms with E-state index in [9.17, 15) is 4.79 Å². The molecule has 1 aromatic heterocycles. The molecule has 4 heteroatoms. The first-order valence-corrected chi connectivity index (χ1v) is 6.53. The van der Waals surface area contributed by atoms with Crippen molar-refractivity contribution in [3.8, 4) is 5.75 Å². The Balaban J connectivity index is 2.18. The van der Waals surface area contributed by atoms with Gasteiger partial charge in [0.05, 0.1) is 17.7 Å². The average molecular weight is 286 g/mol. The van der Waals surface area contributed by atoms with Crippen LogP contribution in [0, 0.1) is 0 Å². The molecule has 0 radical (unpaired) electrons. The number of para-hydroxylation sites is 1. The lowest BCUT2D eigenvalue weighted by Crippen LogP contribution is -2.03. The summed E-state index contributed by atoms with van der Waals surface area (Å²) in [4.78, 5) is 15.8. The molecule has 0 aliphatic heterocycles.